The van der Waals surface area contributed by atoms with E-state index in [-0.39, 0.29) is 5.91 Å². The Bertz CT molecular complexity index is 406. The lowest BCUT2D eigenvalue weighted by molar-refractivity contribution is -0.134. The summed E-state index contributed by atoms with van der Waals surface area (Å²) >= 11 is 0. The van der Waals surface area contributed by atoms with Crippen LogP contribution in [0.5, 0.6) is 0 Å². The molecule has 0 bridgehead atoms. The Hall–Kier alpha value is -1.52. The molecule has 0 N–H and O–H groups in total. The summed E-state index contributed by atoms with van der Waals surface area (Å²) < 4.78 is 10.4. The largest absolute Gasteiger partial charge is 0.500 e. The molecule has 5 nitrogen and oxygen atoms in total. The second-order valence-electron chi connectivity index (χ2n) is 6.43. The second kappa shape index (κ2) is 4.87. The fraction of sp³-hybridized carbons (Fsp3) is 0.714. The number of carbonyl (C=O) groups is 2. The zero-order valence-corrected chi connectivity index (χ0v) is 12.6. The molecule has 0 saturated carbocycles. The van der Waals surface area contributed by atoms with Gasteiger partial charge in [0.15, 0.2) is 0 Å². The molecule has 2 amide bonds. The zero-order chi connectivity index (χ0) is 15.0. The van der Waals surface area contributed by atoms with E-state index in [0.717, 1.165) is 4.90 Å². The lowest BCUT2D eigenvalue weighted by Gasteiger charge is -2.27. The average molecular weight is 269 g/mol. The van der Waals surface area contributed by atoms with Gasteiger partial charge in [-0.2, -0.15) is 0 Å². The van der Waals surface area contributed by atoms with Gasteiger partial charge in [0.1, 0.15) is 17.4 Å². The Morgan fingerprint density at radius 3 is 2.37 bits per heavy atom. The predicted molar refractivity (Wildman–Crippen MR) is 71.4 cm³/mol. The van der Waals surface area contributed by atoms with E-state index in [1.165, 1.54) is 7.11 Å². The van der Waals surface area contributed by atoms with Gasteiger partial charge in [-0.25, -0.2) is 9.69 Å². The van der Waals surface area contributed by atoms with E-state index in [9.17, 15) is 9.59 Å². The van der Waals surface area contributed by atoms with Crippen LogP contribution in [0, 0.1) is 5.41 Å². The molecule has 0 aromatic rings. The minimum Gasteiger partial charge on any atom is -0.500 e. The molecule has 1 heterocycles. The van der Waals surface area contributed by atoms with Gasteiger partial charge < -0.3 is 9.47 Å². The lowest BCUT2D eigenvalue weighted by atomic mass is 9.89. The van der Waals surface area contributed by atoms with E-state index in [1.54, 1.807) is 34.6 Å². The van der Waals surface area contributed by atoms with Crippen molar-refractivity contribution in [3.63, 3.8) is 0 Å². The van der Waals surface area contributed by atoms with Gasteiger partial charge in [0.25, 0.3) is 0 Å². The molecule has 19 heavy (non-hydrogen) atoms. The Balaban J connectivity index is 3.03. The average Bonchev–Trinajstić information content (AvgIpc) is 2.47. The summed E-state index contributed by atoms with van der Waals surface area (Å²) in [6.45, 7) is 12.6. The third-order valence-corrected chi connectivity index (χ3v) is 3.04. The summed E-state index contributed by atoms with van der Waals surface area (Å²) in [6.07, 6.45) is -0.163. The number of rotatable bonds is 2. The van der Waals surface area contributed by atoms with Gasteiger partial charge in [-0.1, -0.05) is 20.4 Å². The highest BCUT2D eigenvalue weighted by Crippen LogP contribution is 2.38. The molecule has 0 aromatic heterocycles. The molecule has 0 aliphatic carbocycles. The van der Waals surface area contributed by atoms with Gasteiger partial charge in [-0.15, -0.1) is 0 Å². The molecule has 1 saturated heterocycles. The Kier molecular flexibility index (Phi) is 3.98. The molecule has 108 valence electrons. The highest BCUT2D eigenvalue weighted by atomic mass is 16.6. The van der Waals surface area contributed by atoms with Crippen LogP contribution in [0.4, 0.5) is 4.79 Å². The smallest absolute Gasteiger partial charge is 0.417 e. The predicted octanol–water partition coefficient (Wildman–Crippen LogP) is 2.71. The number of imide groups is 1. The molecular weight excluding hydrogens is 246 g/mol. The zero-order valence-electron chi connectivity index (χ0n) is 12.6. The Morgan fingerprint density at radius 1 is 1.42 bits per heavy atom. The molecule has 1 rings (SSSR count). The number of hydrogen-bond donors (Lipinski definition) is 0. The minimum atomic E-state index is -0.650. The molecule has 0 aromatic carbocycles. The van der Waals surface area contributed by atoms with Crippen molar-refractivity contribution >= 4 is 12.0 Å². The molecule has 0 spiro atoms. The van der Waals surface area contributed by atoms with Gasteiger partial charge in [0.2, 0.25) is 5.91 Å². The van der Waals surface area contributed by atoms with Crippen LogP contribution < -0.4 is 0 Å². The highest BCUT2D eigenvalue weighted by Gasteiger charge is 2.50. The van der Waals surface area contributed by atoms with E-state index < -0.39 is 23.2 Å². The summed E-state index contributed by atoms with van der Waals surface area (Å²) in [4.78, 5) is 25.6. The maximum absolute atomic E-state index is 12.3. The number of ether oxygens (including phenoxy) is 2. The summed E-state index contributed by atoms with van der Waals surface area (Å²) in [5, 5.41) is 0. The third-order valence-electron chi connectivity index (χ3n) is 3.04. The van der Waals surface area contributed by atoms with Crippen LogP contribution in [0.2, 0.25) is 0 Å². The Morgan fingerprint density at radius 2 is 1.95 bits per heavy atom. The lowest BCUT2D eigenvalue weighted by Crippen LogP contribution is -2.44. The fourth-order valence-electron chi connectivity index (χ4n) is 2.04. The maximum atomic E-state index is 12.3. The normalized spacial score (nSPS) is 22.3. The molecule has 1 aliphatic rings. The summed E-state index contributed by atoms with van der Waals surface area (Å²) in [5.74, 6) is 0.134. The van der Waals surface area contributed by atoms with E-state index in [4.69, 9.17) is 9.47 Å². The molecule has 1 atom stereocenters. The van der Waals surface area contributed by atoms with Gasteiger partial charge in [-0.05, 0) is 27.2 Å². The SMILES string of the molecule is C=C(OC)[C@H]1CC(C)(C)C(=O)N1C(=O)OC(C)(C)C. The van der Waals surface area contributed by atoms with Gasteiger partial charge in [0.05, 0.1) is 7.11 Å². The van der Waals surface area contributed by atoms with Crippen LogP contribution in [0.25, 0.3) is 0 Å². The topological polar surface area (TPSA) is 55.8 Å². The first-order chi connectivity index (χ1) is 8.49. The van der Waals surface area contributed by atoms with Gasteiger partial charge in [-0.3, -0.25) is 4.79 Å². The van der Waals surface area contributed by atoms with E-state index in [2.05, 4.69) is 6.58 Å². The summed E-state index contributed by atoms with van der Waals surface area (Å²) in [6, 6.07) is -0.470. The highest BCUT2D eigenvalue weighted by molar-refractivity contribution is 5.97. The quantitative estimate of drug-likeness (QED) is 0.723. The standard InChI is InChI=1S/C14H23NO4/c1-9(18-7)10-8-14(5,6)11(16)15(10)12(17)19-13(2,3)4/h10H,1,8H2,2-7H3/t10-/m1/s1. The first-order valence-electron chi connectivity index (χ1n) is 6.29. The first kappa shape index (κ1) is 15.5. The minimum absolute atomic E-state index is 0.259. The van der Waals surface area contributed by atoms with Crippen LogP contribution in [-0.2, 0) is 14.3 Å². The van der Waals surface area contributed by atoms with Crippen molar-refractivity contribution in [2.45, 2.75) is 52.7 Å². The van der Waals surface area contributed by atoms with E-state index in [1.807, 2.05) is 0 Å². The number of carbonyl (C=O) groups excluding carboxylic acids is 2. The number of nitrogens with zero attached hydrogens (tertiary/aromatic N) is 1. The fourth-order valence-corrected chi connectivity index (χ4v) is 2.04. The summed E-state index contributed by atoms with van der Waals surface area (Å²) in [5.41, 5.74) is -1.27. The molecule has 5 heteroatoms. The third kappa shape index (κ3) is 3.28. The van der Waals surface area contributed by atoms with Crippen LogP contribution in [0.1, 0.15) is 41.0 Å². The van der Waals surface area contributed by atoms with E-state index >= 15 is 0 Å². The van der Waals surface area contributed by atoms with Crippen LogP contribution >= 0.6 is 0 Å². The number of hydrogen-bond acceptors (Lipinski definition) is 4. The first-order valence-corrected chi connectivity index (χ1v) is 6.29. The molecule has 0 unspecified atom stereocenters. The Labute approximate surface area is 114 Å². The number of amides is 2. The van der Waals surface area contributed by atoms with Crippen molar-refractivity contribution in [1.29, 1.82) is 0 Å². The van der Waals surface area contributed by atoms with Crippen molar-refractivity contribution in [1.82, 2.24) is 4.90 Å². The second-order valence-corrected chi connectivity index (χ2v) is 6.43. The molecule has 1 fully saturated rings. The van der Waals surface area contributed by atoms with Gasteiger partial charge in [0, 0.05) is 5.41 Å². The monoisotopic (exact) mass is 269 g/mol. The van der Waals surface area contributed by atoms with Crippen LogP contribution in [-0.4, -0.2) is 35.7 Å². The van der Waals surface area contributed by atoms with Crippen LogP contribution in [0.3, 0.4) is 0 Å². The van der Waals surface area contributed by atoms with Crippen molar-refractivity contribution in [2.75, 3.05) is 7.11 Å². The van der Waals surface area contributed by atoms with Crippen LogP contribution in [0.15, 0.2) is 12.3 Å². The van der Waals surface area contributed by atoms with Crippen molar-refractivity contribution in [3.05, 3.63) is 12.3 Å². The van der Waals surface area contributed by atoms with Crippen molar-refractivity contribution in [2.24, 2.45) is 5.41 Å². The number of likely N-dealkylation sites (tertiary alicyclic amines) is 1. The van der Waals surface area contributed by atoms with Gasteiger partial charge >= 0.3 is 6.09 Å². The number of methoxy groups -OCH3 is 1. The van der Waals surface area contributed by atoms with Crippen molar-refractivity contribution < 1.29 is 19.1 Å². The molecule has 0 radical (unpaired) electrons. The summed E-state index contributed by atoms with van der Waals surface area (Å²) in [7, 11) is 1.48. The van der Waals surface area contributed by atoms with E-state index in [0.29, 0.717) is 12.2 Å². The molecule has 1 aliphatic heterocycles. The molecular formula is C14H23NO4. The maximum Gasteiger partial charge on any atom is 0.417 e. The van der Waals surface area contributed by atoms with Crippen molar-refractivity contribution in [3.8, 4) is 0 Å².